The minimum Gasteiger partial charge on any atom is -0.459 e. The Kier molecular flexibility index (Phi) is 4.74. The maximum absolute atomic E-state index is 13.0. The summed E-state index contributed by atoms with van der Waals surface area (Å²) in [7, 11) is 0. The number of aryl methyl sites for hydroxylation is 1. The van der Waals surface area contributed by atoms with Crippen molar-refractivity contribution in [2.45, 2.75) is 26.2 Å². The molecular formula is C21H25N3O3. The fourth-order valence-corrected chi connectivity index (χ4v) is 4.07. The van der Waals surface area contributed by atoms with Crippen LogP contribution in [0.5, 0.6) is 0 Å². The number of furan rings is 1. The molecule has 2 fully saturated rings. The number of benzene rings is 1. The van der Waals surface area contributed by atoms with Crippen molar-refractivity contribution in [2.75, 3.05) is 31.5 Å². The van der Waals surface area contributed by atoms with Crippen molar-refractivity contribution < 1.29 is 14.0 Å². The molecule has 6 nitrogen and oxygen atoms in total. The van der Waals surface area contributed by atoms with Gasteiger partial charge in [0.25, 0.3) is 11.8 Å². The van der Waals surface area contributed by atoms with Crippen LogP contribution in [0.15, 0.2) is 41.0 Å². The summed E-state index contributed by atoms with van der Waals surface area (Å²) in [5.41, 5.74) is 2.53. The van der Waals surface area contributed by atoms with Crippen molar-refractivity contribution in [1.29, 1.82) is 0 Å². The van der Waals surface area contributed by atoms with Gasteiger partial charge in [0.1, 0.15) is 0 Å². The first-order valence-electron chi connectivity index (χ1n) is 9.52. The molecule has 0 saturated carbocycles. The number of likely N-dealkylation sites (tertiary alicyclic amines) is 1. The van der Waals surface area contributed by atoms with Gasteiger partial charge in [0, 0.05) is 30.9 Å². The van der Waals surface area contributed by atoms with Gasteiger partial charge in [0.2, 0.25) is 0 Å². The standard InChI is InChI=1S/C21H25N3O3/c1-15-4-5-16(13-17(15)23-19(25)18-3-2-12-27-18)20(26)24-10-7-21(8-11-24)6-9-22-14-21/h2-5,12-13,22H,6-11,14H2,1H3,(H,23,25). The van der Waals surface area contributed by atoms with Gasteiger partial charge in [-0.3, -0.25) is 9.59 Å². The van der Waals surface area contributed by atoms with Crippen molar-refractivity contribution >= 4 is 17.5 Å². The first-order valence-corrected chi connectivity index (χ1v) is 9.52. The number of amides is 2. The van der Waals surface area contributed by atoms with Gasteiger partial charge in [-0.15, -0.1) is 0 Å². The van der Waals surface area contributed by atoms with E-state index in [-0.39, 0.29) is 17.6 Å². The van der Waals surface area contributed by atoms with Gasteiger partial charge < -0.3 is 20.0 Å². The van der Waals surface area contributed by atoms with Crippen LogP contribution in [0.3, 0.4) is 0 Å². The number of carbonyl (C=O) groups excluding carboxylic acids is 2. The smallest absolute Gasteiger partial charge is 0.291 e. The molecule has 2 aliphatic rings. The minimum absolute atomic E-state index is 0.0318. The second kappa shape index (κ2) is 7.19. The first-order chi connectivity index (χ1) is 13.1. The molecule has 0 unspecified atom stereocenters. The Hall–Kier alpha value is -2.60. The summed E-state index contributed by atoms with van der Waals surface area (Å²) in [5.74, 6) is -0.0386. The fraction of sp³-hybridized carbons (Fsp3) is 0.429. The highest BCUT2D eigenvalue weighted by atomic mass is 16.3. The van der Waals surface area contributed by atoms with E-state index < -0.39 is 0 Å². The van der Waals surface area contributed by atoms with Gasteiger partial charge in [-0.05, 0) is 68.0 Å². The molecule has 27 heavy (non-hydrogen) atoms. The van der Waals surface area contributed by atoms with Crippen molar-refractivity contribution in [3.63, 3.8) is 0 Å². The second-order valence-corrected chi connectivity index (χ2v) is 7.68. The monoisotopic (exact) mass is 367 g/mol. The van der Waals surface area contributed by atoms with Crippen LogP contribution in [0, 0.1) is 12.3 Å². The number of anilines is 1. The molecule has 1 spiro atoms. The van der Waals surface area contributed by atoms with E-state index in [0.29, 0.717) is 16.7 Å². The maximum Gasteiger partial charge on any atom is 0.291 e. The van der Waals surface area contributed by atoms with Crippen molar-refractivity contribution in [3.05, 3.63) is 53.5 Å². The fourth-order valence-electron chi connectivity index (χ4n) is 4.07. The van der Waals surface area contributed by atoms with Crippen LogP contribution in [0.1, 0.15) is 45.7 Å². The van der Waals surface area contributed by atoms with E-state index in [9.17, 15) is 9.59 Å². The lowest BCUT2D eigenvalue weighted by Crippen LogP contribution is -2.44. The van der Waals surface area contributed by atoms with Gasteiger partial charge in [-0.1, -0.05) is 6.07 Å². The Morgan fingerprint density at radius 1 is 1.19 bits per heavy atom. The number of hydrogen-bond acceptors (Lipinski definition) is 4. The number of carbonyl (C=O) groups is 2. The molecular weight excluding hydrogens is 342 g/mol. The van der Waals surface area contributed by atoms with E-state index in [1.165, 1.54) is 12.7 Å². The van der Waals surface area contributed by atoms with Gasteiger partial charge >= 0.3 is 0 Å². The molecule has 0 bridgehead atoms. The highest BCUT2D eigenvalue weighted by molar-refractivity contribution is 6.03. The van der Waals surface area contributed by atoms with Crippen LogP contribution in [0.2, 0.25) is 0 Å². The Balaban J connectivity index is 1.45. The topological polar surface area (TPSA) is 74.6 Å². The molecule has 142 valence electrons. The summed E-state index contributed by atoms with van der Waals surface area (Å²) >= 11 is 0. The maximum atomic E-state index is 13.0. The molecule has 2 aromatic rings. The molecule has 2 amide bonds. The van der Waals surface area contributed by atoms with Crippen LogP contribution in [0.4, 0.5) is 5.69 Å². The Bertz CT molecular complexity index is 828. The Morgan fingerprint density at radius 2 is 2.00 bits per heavy atom. The normalized spacial score (nSPS) is 18.6. The minimum atomic E-state index is -0.318. The zero-order valence-electron chi connectivity index (χ0n) is 15.6. The van der Waals surface area contributed by atoms with Crippen LogP contribution in [0.25, 0.3) is 0 Å². The first kappa shape index (κ1) is 17.8. The highest BCUT2D eigenvalue weighted by Crippen LogP contribution is 2.37. The number of rotatable bonds is 3. The zero-order chi connectivity index (χ0) is 18.9. The molecule has 3 heterocycles. The second-order valence-electron chi connectivity index (χ2n) is 7.68. The molecule has 0 aliphatic carbocycles. The third-order valence-electron chi connectivity index (χ3n) is 5.92. The molecule has 1 aromatic carbocycles. The average molecular weight is 367 g/mol. The molecule has 2 N–H and O–H groups in total. The predicted molar refractivity (Wildman–Crippen MR) is 103 cm³/mol. The van der Waals surface area contributed by atoms with Crippen LogP contribution < -0.4 is 10.6 Å². The molecule has 2 aliphatic heterocycles. The summed E-state index contributed by atoms with van der Waals surface area (Å²) < 4.78 is 5.13. The van der Waals surface area contributed by atoms with E-state index in [1.54, 1.807) is 18.2 Å². The van der Waals surface area contributed by atoms with Gasteiger partial charge in [-0.25, -0.2) is 0 Å². The summed E-state index contributed by atoms with van der Waals surface area (Å²) in [4.78, 5) is 27.1. The van der Waals surface area contributed by atoms with Gasteiger partial charge in [0.15, 0.2) is 5.76 Å². The van der Waals surface area contributed by atoms with Crippen molar-refractivity contribution in [3.8, 4) is 0 Å². The van der Waals surface area contributed by atoms with E-state index in [1.807, 2.05) is 24.0 Å². The summed E-state index contributed by atoms with van der Waals surface area (Å²) in [5, 5.41) is 6.29. The largest absolute Gasteiger partial charge is 0.459 e. The lowest BCUT2D eigenvalue weighted by Gasteiger charge is -2.39. The quantitative estimate of drug-likeness (QED) is 0.874. The van der Waals surface area contributed by atoms with E-state index in [0.717, 1.165) is 44.6 Å². The van der Waals surface area contributed by atoms with Crippen LogP contribution in [-0.4, -0.2) is 42.9 Å². The SMILES string of the molecule is Cc1ccc(C(=O)N2CCC3(CCNC3)CC2)cc1NC(=O)c1ccco1. The van der Waals surface area contributed by atoms with Gasteiger partial charge in [0.05, 0.1) is 6.26 Å². The van der Waals surface area contributed by atoms with Crippen molar-refractivity contribution in [1.82, 2.24) is 10.2 Å². The lowest BCUT2D eigenvalue weighted by atomic mass is 9.78. The third kappa shape index (κ3) is 3.62. The molecule has 0 atom stereocenters. The molecule has 0 radical (unpaired) electrons. The highest BCUT2D eigenvalue weighted by Gasteiger charge is 2.38. The lowest BCUT2D eigenvalue weighted by molar-refractivity contribution is 0.0607. The summed E-state index contributed by atoms with van der Waals surface area (Å²) in [6.45, 7) is 5.65. The Labute approximate surface area is 158 Å². The zero-order valence-corrected chi connectivity index (χ0v) is 15.6. The number of hydrogen-bond donors (Lipinski definition) is 2. The van der Waals surface area contributed by atoms with E-state index in [4.69, 9.17) is 4.42 Å². The van der Waals surface area contributed by atoms with Crippen LogP contribution >= 0.6 is 0 Å². The van der Waals surface area contributed by atoms with Crippen LogP contribution in [-0.2, 0) is 0 Å². The van der Waals surface area contributed by atoms with Gasteiger partial charge in [-0.2, -0.15) is 0 Å². The predicted octanol–water partition coefficient (Wildman–Crippen LogP) is 3.06. The molecule has 6 heteroatoms. The third-order valence-corrected chi connectivity index (χ3v) is 5.92. The Morgan fingerprint density at radius 3 is 2.67 bits per heavy atom. The van der Waals surface area contributed by atoms with Crippen molar-refractivity contribution in [2.24, 2.45) is 5.41 Å². The summed E-state index contributed by atoms with van der Waals surface area (Å²) in [6, 6.07) is 8.75. The molecule has 4 rings (SSSR count). The number of nitrogens with zero attached hydrogens (tertiary/aromatic N) is 1. The average Bonchev–Trinajstić information content (AvgIpc) is 3.36. The van der Waals surface area contributed by atoms with E-state index >= 15 is 0 Å². The molecule has 1 aromatic heterocycles. The number of piperidine rings is 1. The number of nitrogens with one attached hydrogen (secondary N) is 2. The van der Waals surface area contributed by atoms with E-state index in [2.05, 4.69) is 10.6 Å². The molecule has 2 saturated heterocycles. The summed E-state index contributed by atoms with van der Waals surface area (Å²) in [6.07, 6.45) is 4.78.